The zero-order valence-corrected chi connectivity index (χ0v) is 16.0. The molecular weight excluding hydrogens is 438 g/mol. The zero-order valence-electron chi connectivity index (χ0n) is 14.5. The molecule has 0 saturated heterocycles. The molecule has 1 heterocycles. The third-order valence-electron chi connectivity index (χ3n) is 3.36. The van der Waals surface area contributed by atoms with E-state index in [9.17, 15) is 18.3 Å². The third kappa shape index (κ3) is 5.75. The Morgan fingerprint density at radius 2 is 1.79 bits per heavy atom. The number of fused-ring (bicyclic) bond motifs is 1. The Labute approximate surface area is 171 Å². The summed E-state index contributed by atoms with van der Waals surface area (Å²) in [5.41, 5.74) is 1.33. The molecule has 0 saturated carbocycles. The number of hydrogen-bond donors (Lipinski definition) is 3. The number of phenols is 1. The van der Waals surface area contributed by atoms with E-state index in [0.717, 1.165) is 5.69 Å². The van der Waals surface area contributed by atoms with Gasteiger partial charge in [-0.25, -0.2) is 14.8 Å². The Morgan fingerprint density at radius 1 is 1.14 bits per heavy atom. The van der Waals surface area contributed by atoms with Crippen LogP contribution in [0, 0.1) is 0 Å². The predicted octanol–water partition coefficient (Wildman–Crippen LogP) is 5.03. The molecule has 0 unspecified atom stereocenters. The van der Waals surface area contributed by atoms with Crippen LogP contribution in [-0.4, -0.2) is 39.4 Å². The van der Waals surface area contributed by atoms with Crippen molar-refractivity contribution in [2.75, 3.05) is 12.4 Å². The van der Waals surface area contributed by atoms with Gasteiger partial charge in [0.05, 0.1) is 22.7 Å². The summed E-state index contributed by atoms with van der Waals surface area (Å²) in [7, 11) is 1.48. The van der Waals surface area contributed by atoms with E-state index in [1.54, 1.807) is 24.3 Å². The van der Waals surface area contributed by atoms with Crippen LogP contribution >= 0.6 is 23.2 Å². The van der Waals surface area contributed by atoms with Crippen molar-refractivity contribution in [2.45, 2.75) is 6.18 Å². The summed E-state index contributed by atoms with van der Waals surface area (Å²) in [5.74, 6) is -1.82. The highest BCUT2D eigenvalue weighted by atomic mass is 35.5. The Hall–Kier alpha value is -2.98. The molecule has 3 N–H and O–H groups in total. The summed E-state index contributed by atoms with van der Waals surface area (Å²) in [6.07, 6.45) is -3.67. The maximum absolute atomic E-state index is 10.6. The summed E-state index contributed by atoms with van der Waals surface area (Å²) in [5, 5.41) is 21.7. The molecule has 0 bridgehead atoms. The van der Waals surface area contributed by atoms with E-state index >= 15 is 0 Å². The van der Waals surface area contributed by atoms with E-state index in [2.05, 4.69) is 15.3 Å². The van der Waals surface area contributed by atoms with Crippen molar-refractivity contribution in [3.8, 4) is 11.5 Å². The van der Waals surface area contributed by atoms with Crippen molar-refractivity contribution in [1.29, 1.82) is 0 Å². The largest absolute Gasteiger partial charge is 0.504 e. The highest BCUT2D eigenvalue weighted by Crippen LogP contribution is 2.34. The number of hydrogen-bond acceptors (Lipinski definition) is 6. The van der Waals surface area contributed by atoms with E-state index in [0.29, 0.717) is 32.5 Å². The van der Waals surface area contributed by atoms with Crippen molar-refractivity contribution in [3.63, 3.8) is 0 Å². The molecular formula is C17H12Cl2F3N3O4. The molecule has 0 spiro atoms. The number of aliphatic carboxylic acids is 1. The van der Waals surface area contributed by atoms with Gasteiger partial charge in [-0.15, -0.1) is 0 Å². The maximum Gasteiger partial charge on any atom is 0.490 e. The Balaban J connectivity index is 0.000000370. The normalized spacial score (nSPS) is 10.8. The number of aromatic hydroxyl groups is 1. The number of carboxylic acid groups (broad SMARTS) is 1. The first kappa shape index (κ1) is 22.3. The van der Waals surface area contributed by atoms with Crippen LogP contribution in [0.3, 0.4) is 0 Å². The summed E-state index contributed by atoms with van der Waals surface area (Å²) in [6.45, 7) is 0. The van der Waals surface area contributed by atoms with Crippen LogP contribution in [0.25, 0.3) is 10.9 Å². The van der Waals surface area contributed by atoms with Crippen LogP contribution in [0.4, 0.5) is 24.7 Å². The molecule has 7 nitrogen and oxygen atoms in total. The number of carboxylic acids is 1. The summed E-state index contributed by atoms with van der Waals surface area (Å²) < 4.78 is 36.9. The number of phenolic OH excluding ortho intramolecular Hbond substituents is 1. The fourth-order valence-electron chi connectivity index (χ4n) is 2.05. The average Bonchev–Trinajstić information content (AvgIpc) is 2.64. The number of anilines is 2. The second-order valence-corrected chi connectivity index (χ2v) is 6.13. The van der Waals surface area contributed by atoms with Gasteiger partial charge in [-0.2, -0.15) is 13.2 Å². The van der Waals surface area contributed by atoms with Gasteiger partial charge in [-0.05, 0) is 24.3 Å². The lowest BCUT2D eigenvalue weighted by atomic mass is 10.2. The molecule has 12 heteroatoms. The van der Waals surface area contributed by atoms with E-state index in [-0.39, 0.29) is 5.75 Å². The Bertz CT molecular complexity index is 1050. The molecule has 2 aromatic carbocycles. The highest BCUT2D eigenvalue weighted by molar-refractivity contribution is 6.42. The molecule has 0 aliphatic heterocycles. The van der Waals surface area contributed by atoms with E-state index < -0.39 is 12.1 Å². The second-order valence-electron chi connectivity index (χ2n) is 5.32. The number of rotatable bonds is 3. The number of halogens is 5. The number of aromatic nitrogens is 2. The molecule has 1 aromatic heterocycles. The second kappa shape index (κ2) is 9.01. The SMILES string of the molecule is COc1cc2c(Nc3ccc(Cl)c(Cl)c3)ncnc2cc1O.O=C(O)C(F)(F)F. The molecule has 0 aliphatic rings. The number of alkyl halides is 3. The van der Waals surface area contributed by atoms with Gasteiger partial charge in [0.2, 0.25) is 0 Å². The van der Waals surface area contributed by atoms with Gasteiger partial charge >= 0.3 is 12.1 Å². The number of benzene rings is 2. The van der Waals surface area contributed by atoms with E-state index in [4.69, 9.17) is 37.8 Å². The van der Waals surface area contributed by atoms with Crippen LogP contribution in [0.15, 0.2) is 36.7 Å². The van der Waals surface area contributed by atoms with Crippen molar-refractivity contribution >= 4 is 51.6 Å². The predicted molar refractivity (Wildman–Crippen MR) is 101 cm³/mol. The minimum atomic E-state index is -5.08. The first-order valence-electron chi connectivity index (χ1n) is 7.56. The smallest absolute Gasteiger partial charge is 0.490 e. The maximum atomic E-state index is 10.6. The monoisotopic (exact) mass is 449 g/mol. The summed E-state index contributed by atoms with van der Waals surface area (Å²) in [4.78, 5) is 17.3. The van der Waals surface area contributed by atoms with Crippen LogP contribution in [0.5, 0.6) is 11.5 Å². The van der Waals surface area contributed by atoms with Gasteiger partial charge in [0, 0.05) is 17.1 Å². The van der Waals surface area contributed by atoms with Gasteiger partial charge in [0.1, 0.15) is 12.1 Å². The van der Waals surface area contributed by atoms with E-state index in [1.165, 1.54) is 19.5 Å². The number of ether oxygens (including phenoxy) is 1. The van der Waals surface area contributed by atoms with Crippen molar-refractivity contribution in [1.82, 2.24) is 9.97 Å². The van der Waals surface area contributed by atoms with Gasteiger partial charge < -0.3 is 20.3 Å². The quantitative estimate of drug-likeness (QED) is 0.514. The molecule has 0 fully saturated rings. The van der Waals surface area contributed by atoms with Crippen molar-refractivity contribution in [2.24, 2.45) is 0 Å². The average molecular weight is 450 g/mol. The van der Waals surface area contributed by atoms with Gasteiger partial charge in [0.15, 0.2) is 11.5 Å². The van der Waals surface area contributed by atoms with Crippen molar-refractivity contribution < 1.29 is 32.9 Å². The lowest BCUT2D eigenvalue weighted by molar-refractivity contribution is -0.192. The first-order chi connectivity index (χ1) is 13.5. The van der Waals surface area contributed by atoms with Gasteiger partial charge in [0.25, 0.3) is 0 Å². The zero-order chi connectivity index (χ0) is 21.8. The van der Waals surface area contributed by atoms with Gasteiger partial charge in [-0.3, -0.25) is 0 Å². The Kier molecular flexibility index (Phi) is 6.93. The van der Waals surface area contributed by atoms with Crippen molar-refractivity contribution in [3.05, 3.63) is 46.7 Å². The third-order valence-corrected chi connectivity index (χ3v) is 4.10. The van der Waals surface area contributed by atoms with Crippen LogP contribution in [-0.2, 0) is 4.79 Å². The highest BCUT2D eigenvalue weighted by Gasteiger charge is 2.38. The molecule has 29 heavy (non-hydrogen) atoms. The lowest BCUT2D eigenvalue weighted by Gasteiger charge is -2.11. The minimum absolute atomic E-state index is 0.0224. The standard InChI is InChI=1S/C15H11Cl2N3O2.C2HF3O2/c1-22-14-5-9-12(6-13(14)21)18-7-19-15(9)20-8-2-3-10(16)11(17)4-8;3-2(4,5)1(6)7/h2-7,21H,1H3,(H,18,19,20);(H,6,7). The Morgan fingerprint density at radius 3 is 2.34 bits per heavy atom. The lowest BCUT2D eigenvalue weighted by Crippen LogP contribution is -2.21. The number of carbonyl (C=O) groups is 1. The van der Waals surface area contributed by atoms with Crippen LogP contribution in [0.2, 0.25) is 10.0 Å². The number of nitrogens with zero attached hydrogens (tertiary/aromatic N) is 2. The number of nitrogens with one attached hydrogen (secondary N) is 1. The molecule has 0 atom stereocenters. The molecule has 3 aromatic rings. The minimum Gasteiger partial charge on any atom is -0.504 e. The number of methoxy groups -OCH3 is 1. The van der Waals surface area contributed by atoms with Crippen LogP contribution in [0.1, 0.15) is 0 Å². The fourth-order valence-corrected chi connectivity index (χ4v) is 2.34. The fraction of sp³-hybridized carbons (Fsp3) is 0.118. The van der Waals surface area contributed by atoms with Crippen LogP contribution < -0.4 is 10.1 Å². The molecule has 3 rings (SSSR count). The summed E-state index contributed by atoms with van der Waals surface area (Å²) in [6, 6.07) is 8.39. The molecule has 0 aliphatic carbocycles. The molecule has 0 amide bonds. The summed E-state index contributed by atoms with van der Waals surface area (Å²) >= 11 is 11.9. The molecule has 154 valence electrons. The van der Waals surface area contributed by atoms with Gasteiger partial charge in [-0.1, -0.05) is 23.2 Å². The van der Waals surface area contributed by atoms with E-state index in [1.807, 2.05) is 0 Å². The first-order valence-corrected chi connectivity index (χ1v) is 8.32. The topological polar surface area (TPSA) is 105 Å². The molecule has 0 radical (unpaired) electrons.